The molecule has 2 aromatic carbocycles. The number of phenolic OH excluding ortho intramolecular Hbond substituents is 1. The molecule has 1 aliphatic heterocycles. The lowest BCUT2D eigenvalue weighted by Crippen LogP contribution is -2.33. The summed E-state index contributed by atoms with van der Waals surface area (Å²) in [5.41, 5.74) is 3.42. The lowest BCUT2D eigenvalue weighted by atomic mass is 10.0. The Morgan fingerprint density at radius 3 is 2.79 bits per heavy atom. The van der Waals surface area contributed by atoms with E-state index in [-0.39, 0.29) is 24.0 Å². The minimum atomic E-state index is -0.225. The topological polar surface area (TPSA) is 75.6 Å². The number of phenols is 1. The summed E-state index contributed by atoms with van der Waals surface area (Å²) in [6.07, 6.45) is 3.04. The van der Waals surface area contributed by atoms with Gasteiger partial charge in [0.1, 0.15) is 12.3 Å². The van der Waals surface area contributed by atoms with Crippen molar-refractivity contribution < 1.29 is 14.6 Å². The molecule has 0 spiro atoms. The Morgan fingerprint density at radius 1 is 1.18 bits per heavy atom. The number of hydrogen-bond donors (Lipinski definition) is 1. The number of carbonyl (C=O) groups is 1. The van der Waals surface area contributed by atoms with Crippen LogP contribution in [0.15, 0.2) is 48.8 Å². The highest BCUT2D eigenvalue weighted by Crippen LogP contribution is 2.38. The van der Waals surface area contributed by atoms with E-state index in [2.05, 4.69) is 9.97 Å². The molecule has 1 aromatic heterocycles. The smallest absolute Gasteiger partial charge is 0.274 e. The van der Waals surface area contributed by atoms with Crippen LogP contribution in [0.2, 0.25) is 5.02 Å². The first kappa shape index (κ1) is 18.3. The predicted molar refractivity (Wildman–Crippen MR) is 106 cm³/mol. The van der Waals surface area contributed by atoms with Gasteiger partial charge in [0.05, 0.1) is 18.4 Å². The highest BCUT2D eigenvalue weighted by atomic mass is 35.5. The van der Waals surface area contributed by atoms with Crippen LogP contribution in [0.25, 0.3) is 11.1 Å². The summed E-state index contributed by atoms with van der Waals surface area (Å²) in [4.78, 5) is 22.8. The fraction of sp³-hybridized carbons (Fsp3) is 0.190. The van der Waals surface area contributed by atoms with Crippen LogP contribution in [-0.4, -0.2) is 39.0 Å². The Bertz CT molecular complexity index is 1040. The van der Waals surface area contributed by atoms with Gasteiger partial charge < -0.3 is 14.7 Å². The first-order valence-corrected chi connectivity index (χ1v) is 9.21. The second kappa shape index (κ2) is 7.48. The van der Waals surface area contributed by atoms with Gasteiger partial charge in [0.25, 0.3) is 5.91 Å². The third-order valence-electron chi connectivity index (χ3n) is 4.56. The number of aromatic nitrogens is 2. The van der Waals surface area contributed by atoms with Crippen molar-refractivity contribution in [1.29, 1.82) is 0 Å². The van der Waals surface area contributed by atoms with Crippen molar-refractivity contribution >= 4 is 17.5 Å². The summed E-state index contributed by atoms with van der Waals surface area (Å²) in [5.74, 6) is 0.213. The number of carbonyl (C=O) groups excluding carboxylic acids is 1. The van der Waals surface area contributed by atoms with Crippen LogP contribution in [0.5, 0.6) is 11.5 Å². The summed E-state index contributed by atoms with van der Waals surface area (Å²) in [5, 5.41) is 11.1. The molecule has 4 rings (SSSR count). The number of amides is 1. The third kappa shape index (κ3) is 3.64. The largest absolute Gasteiger partial charge is 0.504 e. The van der Waals surface area contributed by atoms with Crippen molar-refractivity contribution in [3.63, 3.8) is 0 Å². The molecule has 0 unspecified atom stereocenters. The van der Waals surface area contributed by atoms with Gasteiger partial charge in [-0.2, -0.15) is 0 Å². The van der Waals surface area contributed by atoms with Crippen LogP contribution in [0.4, 0.5) is 0 Å². The second-order valence-corrected chi connectivity index (χ2v) is 7.05. The van der Waals surface area contributed by atoms with E-state index in [0.717, 1.165) is 22.4 Å². The van der Waals surface area contributed by atoms with E-state index in [1.807, 2.05) is 31.2 Å². The predicted octanol–water partition coefficient (Wildman–Crippen LogP) is 3.85. The number of aromatic hydroxyl groups is 1. The van der Waals surface area contributed by atoms with E-state index >= 15 is 0 Å². The van der Waals surface area contributed by atoms with Crippen LogP contribution >= 0.6 is 11.6 Å². The number of fused-ring (bicyclic) bond motifs is 1. The zero-order chi connectivity index (χ0) is 19.7. The number of rotatable bonds is 2. The van der Waals surface area contributed by atoms with Gasteiger partial charge in [-0.15, -0.1) is 0 Å². The zero-order valence-corrected chi connectivity index (χ0v) is 16.0. The molecule has 2 heterocycles. The first-order chi connectivity index (χ1) is 13.5. The highest BCUT2D eigenvalue weighted by molar-refractivity contribution is 6.30. The molecule has 0 saturated carbocycles. The van der Waals surface area contributed by atoms with Gasteiger partial charge in [0, 0.05) is 23.3 Å². The Labute approximate surface area is 167 Å². The van der Waals surface area contributed by atoms with Crippen molar-refractivity contribution in [3.8, 4) is 22.6 Å². The van der Waals surface area contributed by atoms with Crippen molar-refractivity contribution in [2.75, 3.05) is 13.2 Å². The lowest BCUT2D eigenvalue weighted by molar-refractivity contribution is 0.0726. The molecule has 142 valence electrons. The molecule has 0 bridgehead atoms. The fourth-order valence-corrected chi connectivity index (χ4v) is 3.36. The third-order valence-corrected chi connectivity index (χ3v) is 4.80. The average molecular weight is 396 g/mol. The van der Waals surface area contributed by atoms with Gasteiger partial charge in [-0.3, -0.25) is 9.78 Å². The molecular formula is C21H18ClN3O3. The molecular weight excluding hydrogens is 378 g/mol. The molecule has 3 aromatic rings. The Balaban J connectivity index is 1.68. The fourth-order valence-electron chi connectivity index (χ4n) is 3.17. The maximum absolute atomic E-state index is 12.8. The van der Waals surface area contributed by atoms with Crippen LogP contribution in [-0.2, 0) is 6.54 Å². The molecule has 1 amide bonds. The minimum Gasteiger partial charge on any atom is -0.504 e. The van der Waals surface area contributed by atoms with Crippen LogP contribution < -0.4 is 4.74 Å². The molecule has 6 nitrogen and oxygen atoms in total. The number of aryl methyl sites for hydroxylation is 1. The van der Waals surface area contributed by atoms with Crippen LogP contribution in [0.1, 0.15) is 21.7 Å². The summed E-state index contributed by atoms with van der Waals surface area (Å²) < 4.78 is 5.72. The Hall–Kier alpha value is -3.12. The summed E-state index contributed by atoms with van der Waals surface area (Å²) in [7, 11) is 0. The number of halogens is 1. The van der Waals surface area contributed by atoms with Gasteiger partial charge in [-0.05, 0) is 42.3 Å². The van der Waals surface area contributed by atoms with Gasteiger partial charge in [0.2, 0.25) is 0 Å². The monoisotopic (exact) mass is 395 g/mol. The highest BCUT2D eigenvalue weighted by Gasteiger charge is 2.24. The molecule has 1 aliphatic rings. The van der Waals surface area contributed by atoms with Gasteiger partial charge >= 0.3 is 0 Å². The maximum Gasteiger partial charge on any atom is 0.274 e. The SMILES string of the molecule is Cc1cnc(C(=O)N2CCOc3c(O)cc(-c4cccc(Cl)c4)cc3C2)cn1. The average Bonchev–Trinajstić information content (AvgIpc) is 2.91. The number of nitrogens with zero attached hydrogens (tertiary/aromatic N) is 3. The first-order valence-electron chi connectivity index (χ1n) is 8.84. The van der Waals surface area contributed by atoms with E-state index in [4.69, 9.17) is 16.3 Å². The minimum absolute atomic E-state index is 0.0388. The molecule has 1 N–H and O–H groups in total. The summed E-state index contributed by atoms with van der Waals surface area (Å²) in [6, 6.07) is 10.9. The van der Waals surface area contributed by atoms with Crippen molar-refractivity contribution in [1.82, 2.24) is 14.9 Å². The summed E-state index contributed by atoms with van der Waals surface area (Å²) in [6.45, 7) is 2.78. The number of hydrogen-bond acceptors (Lipinski definition) is 5. The van der Waals surface area contributed by atoms with E-state index in [0.29, 0.717) is 23.9 Å². The quantitative estimate of drug-likeness (QED) is 0.713. The van der Waals surface area contributed by atoms with Gasteiger partial charge in [-0.25, -0.2) is 4.98 Å². The molecule has 0 aliphatic carbocycles. The molecule has 0 fully saturated rings. The van der Waals surface area contributed by atoms with E-state index in [1.54, 1.807) is 23.2 Å². The molecule has 0 atom stereocenters. The number of benzene rings is 2. The molecule has 28 heavy (non-hydrogen) atoms. The Morgan fingerprint density at radius 2 is 2.04 bits per heavy atom. The summed E-state index contributed by atoms with van der Waals surface area (Å²) >= 11 is 6.09. The van der Waals surface area contributed by atoms with E-state index in [9.17, 15) is 9.90 Å². The van der Waals surface area contributed by atoms with Crippen molar-refractivity contribution in [2.24, 2.45) is 0 Å². The van der Waals surface area contributed by atoms with Gasteiger partial charge in [0.15, 0.2) is 11.5 Å². The van der Waals surface area contributed by atoms with Crippen molar-refractivity contribution in [2.45, 2.75) is 13.5 Å². The molecule has 0 radical (unpaired) electrons. The van der Waals surface area contributed by atoms with Crippen molar-refractivity contribution in [3.05, 3.63) is 70.8 Å². The maximum atomic E-state index is 12.8. The Kier molecular flexibility index (Phi) is 4.88. The second-order valence-electron chi connectivity index (χ2n) is 6.61. The standard InChI is InChI=1S/C21H18ClN3O3/c1-13-10-24-18(11-23-13)21(27)25-5-6-28-20-16(12-25)7-15(9-19(20)26)14-3-2-4-17(22)8-14/h2-4,7-11,26H,5-6,12H2,1H3. The molecule has 7 heteroatoms. The zero-order valence-electron chi connectivity index (χ0n) is 15.2. The van der Waals surface area contributed by atoms with Gasteiger partial charge in [-0.1, -0.05) is 23.7 Å². The van der Waals surface area contributed by atoms with E-state index in [1.165, 1.54) is 6.20 Å². The van der Waals surface area contributed by atoms with E-state index < -0.39 is 0 Å². The molecule has 0 saturated heterocycles. The number of ether oxygens (including phenoxy) is 1. The lowest BCUT2D eigenvalue weighted by Gasteiger charge is -2.19. The van der Waals surface area contributed by atoms with Crippen LogP contribution in [0.3, 0.4) is 0 Å². The normalized spacial score (nSPS) is 13.4. The van der Waals surface area contributed by atoms with Crippen LogP contribution in [0, 0.1) is 6.92 Å².